The van der Waals surface area contributed by atoms with Crippen LogP contribution in [0.1, 0.15) is 140 Å². The van der Waals surface area contributed by atoms with Crippen LogP contribution in [0.25, 0.3) is 0 Å². The van der Waals surface area contributed by atoms with Crippen molar-refractivity contribution in [1.29, 1.82) is 0 Å². The first kappa shape index (κ1) is 41.8. The lowest BCUT2D eigenvalue weighted by Crippen LogP contribution is -2.64. The number of hydrogen-bond donors (Lipinski definition) is 3. The smallest absolute Gasteiger partial charge is 0.309 e. The summed E-state index contributed by atoms with van der Waals surface area (Å²) in [6, 6.07) is -0.501. The third-order valence-corrected chi connectivity index (χ3v) is 14.3. The maximum Gasteiger partial charge on any atom is 0.309 e. The number of carbonyl (C=O) groups excluding carboxylic acids is 1. The van der Waals surface area contributed by atoms with Crippen molar-refractivity contribution in [2.75, 3.05) is 0 Å². The molecule has 1 unspecified atom stereocenters. The minimum absolute atomic E-state index is 0.000954. The second-order valence-corrected chi connectivity index (χ2v) is 18.0. The molecule has 5 aliphatic heterocycles. The van der Waals surface area contributed by atoms with Crippen LogP contribution in [0, 0.1) is 41.4 Å². The van der Waals surface area contributed by atoms with E-state index in [2.05, 4.69) is 41.5 Å². The van der Waals surface area contributed by atoms with Crippen LogP contribution in [0.15, 0.2) is 12.2 Å². The van der Waals surface area contributed by atoms with Crippen LogP contribution in [-0.4, -0.2) is 81.3 Å². The van der Waals surface area contributed by atoms with Crippen molar-refractivity contribution in [1.82, 2.24) is 0 Å². The molecule has 10 nitrogen and oxygen atoms in total. The minimum Gasteiger partial charge on any atom is -0.481 e. The summed E-state index contributed by atoms with van der Waals surface area (Å²) in [7, 11) is 0. The fourth-order valence-corrected chi connectivity index (χ4v) is 10.6. The summed E-state index contributed by atoms with van der Waals surface area (Å²) in [5.41, 5.74) is 5.31. The quantitative estimate of drug-likeness (QED) is 0.176. The first-order valence-corrected chi connectivity index (χ1v) is 20.7. The molecule has 0 aromatic carbocycles. The largest absolute Gasteiger partial charge is 0.481 e. The Labute approximate surface area is 313 Å². The molecule has 52 heavy (non-hydrogen) atoms. The molecule has 0 aromatic heterocycles. The highest BCUT2D eigenvalue weighted by molar-refractivity contribution is 5.83. The number of ether oxygens (including phenoxy) is 5. The first-order valence-electron chi connectivity index (χ1n) is 20.7. The van der Waals surface area contributed by atoms with Crippen LogP contribution in [0.2, 0.25) is 0 Å². The number of carboxylic acids is 1. The maximum absolute atomic E-state index is 14.4. The van der Waals surface area contributed by atoms with Crippen molar-refractivity contribution in [3.05, 3.63) is 12.2 Å². The minimum atomic E-state index is -1.10. The predicted octanol–water partition coefficient (Wildman–Crippen LogP) is 7.18. The summed E-state index contributed by atoms with van der Waals surface area (Å²) < 4.78 is 34.0. The second kappa shape index (κ2) is 16.0. The van der Waals surface area contributed by atoms with Gasteiger partial charge in [-0.05, 0) is 102 Å². The van der Waals surface area contributed by atoms with E-state index in [-0.39, 0.29) is 65.9 Å². The van der Waals surface area contributed by atoms with E-state index in [9.17, 15) is 19.8 Å². The summed E-state index contributed by atoms with van der Waals surface area (Å²) in [4.78, 5) is 26.3. The molecule has 10 heteroatoms. The van der Waals surface area contributed by atoms with E-state index in [1.54, 1.807) is 0 Å². The van der Waals surface area contributed by atoms with Crippen molar-refractivity contribution < 1.29 is 43.5 Å². The number of ketones is 1. The van der Waals surface area contributed by atoms with Gasteiger partial charge in [-0.3, -0.25) is 9.59 Å². The summed E-state index contributed by atoms with van der Waals surface area (Å²) in [6.45, 7) is 20.7. The molecule has 0 amide bonds. The van der Waals surface area contributed by atoms with Crippen molar-refractivity contribution >= 4 is 11.8 Å². The molecule has 0 saturated carbocycles. The Morgan fingerprint density at radius 1 is 0.904 bits per heavy atom. The van der Waals surface area contributed by atoms with Gasteiger partial charge in [-0.15, -0.1) is 0 Å². The third kappa shape index (κ3) is 7.83. The van der Waals surface area contributed by atoms with E-state index < -0.39 is 40.7 Å². The van der Waals surface area contributed by atoms with Crippen LogP contribution in [0.3, 0.4) is 0 Å². The van der Waals surface area contributed by atoms with Crippen molar-refractivity contribution in [2.45, 2.75) is 199 Å². The van der Waals surface area contributed by atoms with Crippen LogP contribution in [0.4, 0.5) is 0 Å². The molecule has 4 fully saturated rings. The lowest BCUT2D eigenvalue weighted by Gasteiger charge is -2.54. The molecular formula is C42H71NO9. The van der Waals surface area contributed by atoms with Crippen LogP contribution in [-0.2, 0) is 33.3 Å². The summed E-state index contributed by atoms with van der Waals surface area (Å²) in [5.74, 6) is -3.30. The number of carbonyl (C=O) groups is 2. The zero-order valence-electron chi connectivity index (χ0n) is 33.8. The molecule has 2 spiro atoms. The average molecular weight is 734 g/mol. The van der Waals surface area contributed by atoms with Gasteiger partial charge in [-0.2, -0.15) is 0 Å². The highest BCUT2D eigenvalue weighted by Gasteiger charge is 2.62. The van der Waals surface area contributed by atoms with Crippen LogP contribution >= 0.6 is 0 Å². The van der Waals surface area contributed by atoms with Crippen molar-refractivity contribution in [3.63, 3.8) is 0 Å². The maximum atomic E-state index is 14.4. The van der Waals surface area contributed by atoms with Gasteiger partial charge in [-0.1, -0.05) is 61.5 Å². The van der Waals surface area contributed by atoms with E-state index in [0.29, 0.717) is 57.3 Å². The van der Waals surface area contributed by atoms with Gasteiger partial charge in [0, 0.05) is 24.2 Å². The Hall–Kier alpha value is -1.40. The average Bonchev–Trinajstić information content (AvgIpc) is 3.44. The zero-order chi connectivity index (χ0) is 38.4. The molecule has 5 aliphatic rings. The predicted molar refractivity (Wildman–Crippen MR) is 199 cm³/mol. The number of aliphatic carboxylic acids is 1. The summed E-state index contributed by atoms with van der Waals surface area (Å²) in [5, 5.41) is 20.8. The number of nitrogens with two attached hydrogens (primary N) is 1. The molecular weight excluding hydrogens is 662 g/mol. The molecule has 298 valence electrons. The van der Waals surface area contributed by atoms with Crippen molar-refractivity contribution in [2.24, 2.45) is 47.2 Å². The van der Waals surface area contributed by atoms with Crippen LogP contribution < -0.4 is 5.73 Å². The fraction of sp³-hybridized carbons (Fsp3) is 0.905. The topological polar surface area (TPSA) is 147 Å². The monoisotopic (exact) mass is 734 g/mol. The third-order valence-electron chi connectivity index (χ3n) is 14.3. The fourth-order valence-electron chi connectivity index (χ4n) is 10.6. The standard InChI is InChI=1S/C42H71NO9/c1-11-30(38(45)46)32-15-14-24(4)36(49-32)26(6)22-25(5)35(44)31(12-2)37-27(7)23-28(8)41(50-37)19-16-33(43)42(52-41)21-20-39(10,51-42)34-17-18-40(47,13-3)29(9)48-34/h16,19,24-34,36-37,47H,11-15,17-18,20-23,43H2,1-10H3,(H,45,46)/t24-,25-,26-,27-,28+,29-,30+,31?,32+,33+,34+,36+,37-,39-,40+,41-,42-/m0/s1. The van der Waals surface area contributed by atoms with Gasteiger partial charge in [0.25, 0.3) is 0 Å². The molecule has 4 saturated heterocycles. The SMILES string of the molecule is CCC(C(=O)[C@@H](C)C[C@H](C)[C@@H]1O[C@@H]([C@@H](CC)C(=O)O)CC[C@@H]1C)[C@H]1O[C@]2(C=C[C@@H](N)[C@]3(CC[C@@](C)([C@H]4CC[C@](O)(CC)[C@H](C)O4)O3)O2)[C@H](C)C[C@@H]1C. The number of hydrogen-bond acceptors (Lipinski definition) is 9. The van der Waals surface area contributed by atoms with Gasteiger partial charge in [0.2, 0.25) is 0 Å². The Kier molecular flexibility index (Phi) is 12.8. The number of rotatable bonds is 12. The lowest BCUT2D eigenvalue weighted by molar-refractivity contribution is -0.396. The van der Waals surface area contributed by atoms with E-state index in [1.807, 2.05) is 39.8 Å². The highest BCUT2D eigenvalue weighted by Crippen LogP contribution is 2.53. The normalized spacial score (nSPS) is 46.2. The van der Waals surface area contributed by atoms with E-state index in [4.69, 9.17) is 29.4 Å². The van der Waals surface area contributed by atoms with Gasteiger partial charge >= 0.3 is 5.97 Å². The Morgan fingerprint density at radius 3 is 2.21 bits per heavy atom. The molecule has 5 heterocycles. The van der Waals surface area contributed by atoms with Gasteiger partial charge in [0.05, 0.1) is 53.7 Å². The Bertz CT molecular complexity index is 1290. The van der Waals surface area contributed by atoms with Crippen LogP contribution in [0.5, 0.6) is 0 Å². The van der Waals surface area contributed by atoms with Crippen molar-refractivity contribution in [3.8, 4) is 0 Å². The molecule has 0 aliphatic carbocycles. The molecule has 0 bridgehead atoms. The molecule has 17 atom stereocenters. The molecule has 0 aromatic rings. The second-order valence-electron chi connectivity index (χ2n) is 18.0. The zero-order valence-corrected chi connectivity index (χ0v) is 33.8. The molecule has 0 radical (unpaired) electrons. The summed E-state index contributed by atoms with van der Waals surface area (Å²) >= 11 is 0. The van der Waals surface area contributed by atoms with E-state index >= 15 is 0 Å². The number of carboxylic acid groups (broad SMARTS) is 1. The van der Waals surface area contributed by atoms with Gasteiger partial charge in [0.1, 0.15) is 5.78 Å². The molecule has 5 rings (SSSR count). The van der Waals surface area contributed by atoms with Gasteiger partial charge in [-0.25, -0.2) is 0 Å². The van der Waals surface area contributed by atoms with E-state index in [1.165, 1.54) is 0 Å². The first-order chi connectivity index (χ1) is 24.4. The lowest BCUT2D eigenvalue weighted by atomic mass is 9.73. The Balaban J connectivity index is 1.29. The number of Topliss-reactive ketones (excluding diaryl/α,β-unsaturated/α-hetero) is 1. The van der Waals surface area contributed by atoms with E-state index in [0.717, 1.165) is 19.3 Å². The highest BCUT2D eigenvalue weighted by atomic mass is 16.8. The summed E-state index contributed by atoms with van der Waals surface area (Å²) in [6.07, 6.45) is 10.3. The van der Waals surface area contributed by atoms with Gasteiger partial charge in [0.15, 0.2) is 11.6 Å². The Morgan fingerprint density at radius 2 is 1.60 bits per heavy atom. The number of aliphatic hydroxyl groups is 1. The van der Waals surface area contributed by atoms with Gasteiger partial charge < -0.3 is 39.6 Å². The molecule has 4 N–H and O–H groups in total.